The molecule has 0 amide bonds. The summed E-state index contributed by atoms with van der Waals surface area (Å²) in [7, 11) is 3.02. The van der Waals surface area contributed by atoms with Gasteiger partial charge in [0.2, 0.25) is 0 Å². The Morgan fingerprint density at radius 2 is 1.82 bits per heavy atom. The fraction of sp³-hybridized carbons (Fsp3) is 0.138. The summed E-state index contributed by atoms with van der Waals surface area (Å²) in [6, 6.07) is 15.6. The predicted octanol–water partition coefficient (Wildman–Crippen LogP) is 5.44. The molecule has 4 heterocycles. The maximum Gasteiger partial charge on any atom is 0.317 e. The first-order valence-electron chi connectivity index (χ1n) is 12.2. The van der Waals surface area contributed by atoms with Gasteiger partial charge in [-0.15, -0.1) is 10.2 Å². The molecule has 4 aromatic heterocycles. The van der Waals surface area contributed by atoms with E-state index in [1.165, 1.54) is 17.6 Å². The van der Waals surface area contributed by atoms with Crippen molar-refractivity contribution in [2.45, 2.75) is 12.3 Å². The molecule has 6 rings (SSSR count). The van der Waals surface area contributed by atoms with E-state index in [2.05, 4.69) is 15.2 Å². The first-order chi connectivity index (χ1) is 19.3. The lowest BCUT2D eigenvalue weighted by molar-refractivity contribution is -0.137. The van der Waals surface area contributed by atoms with Crippen LogP contribution < -0.4 is 9.47 Å². The number of aromatic nitrogens is 5. The highest BCUT2D eigenvalue weighted by molar-refractivity contribution is 6.30. The maximum atomic E-state index is 14.2. The van der Waals surface area contributed by atoms with Gasteiger partial charge in [-0.2, -0.15) is 0 Å². The molecule has 0 saturated heterocycles. The van der Waals surface area contributed by atoms with E-state index >= 15 is 0 Å². The van der Waals surface area contributed by atoms with Crippen LogP contribution in [0.5, 0.6) is 11.5 Å². The van der Waals surface area contributed by atoms with Crippen molar-refractivity contribution in [2.24, 2.45) is 0 Å². The maximum absolute atomic E-state index is 14.2. The second-order valence-electron chi connectivity index (χ2n) is 9.19. The number of nitrogens with zero attached hydrogens (tertiary/aromatic N) is 5. The Hall–Kier alpha value is -4.83. The minimum absolute atomic E-state index is 0.0933. The van der Waals surface area contributed by atoms with E-state index in [4.69, 9.17) is 26.1 Å². The first kappa shape index (κ1) is 25.4. The Kier molecular flexibility index (Phi) is 6.39. The van der Waals surface area contributed by atoms with Crippen LogP contribution in [0.1, 0.15) is 28.6 Å². The smallest absolute Gasteiger partial charge is 0.317 e. The van der Waals surface area contributed by atoms with Crippen LogP contribution >= 0.6 is 11.6 Å². The van der Waals surface area contributed by atoms with Crippen LogP contribution in [0.2, 0.25) is 5.02 Å². The molecule has 1 atom stereocenters. The lowest BCUT2D eigenvalue weighted by Gasteiger charge is -2.17. The van der Waals surface area contributed by atoms with Gasteiger partial charge in [-0.25, -0.2) is 9.37 Å². The molecule has 40 heavy (non-hydrogen) atoms. The van der Waals surface area contributed by atoms with Gasteiger partial charge >= 0.3 is 5.97 Å². The topological polar surface area (TPSA) is 112 Å². The third-order valence-electron chi connectivity index (χ3n) is 6.72. The van der Waals surface area contributed by atoms with E-state index in [0.29, 0.717) is 40.3 Å². The second-order valence-corrected chi connectivity index (χ2v) is 9.63. The number of halogens is 2. The summed E-state index contributed by atoms with van der Waals surface area (Å²) in [5.74, 6) is -1.29. The molecule has 0 fully saturated rings. The first-order valence-corrected chi connectivity index (χ1v) is 12.5. The number of carboxylic acid groups (broad SMARTS) is 1. The average Bonchev–Trinajstić information content (AvgIpc) is 3.34. The molecule has 2 aromatic carbocycles. The Bertz CT molecular complexity index is 1940. The molecule has 6 aromatic rings. The molecular weight excluding hydrogens is 537 g/mol. The van der Waals surface area contributed by atoms with Crippen molar-refractivity contribution < 1.29 is 23.8 Å². The fourth-order valence-electron chi connectivity index (χ4n) is 4.81. The van der Waals surface area contributed by atoms with Crippen molar-refractivity contribution in [3.63, 3.8) is 0 Å². The number of aliphatic carboxylic acids is 1. The van der Waals surface area contributed by atoms with E-state index in [-0.39, 0.29) is 16.4 Å². The molecular formula is C29H21ClFN5O4. The Labute approximate surface area is 231 Å². The zero-order chi connectivity index (χ0) is 28.0. The fourth-order valence-corrected chi connectivity index (χ4v) is 5.01. The summed E-state index contributed by atoms with van der Waals surface area (Å²) in [4.78, 5) is 21.6. The lowest BCUT2D eigenvalue weighted by Crippen LogP contribution is -2.16. The molecule has 0 aliphatic rings. The number of ether oxygens (including phenoxy) is 2. The van der Waals surface area contributed by atoms with Crippen LogP contribution in [0.15, 0.2) is 67.0 Å². The van der Waals surface area contributed by atoms with Crippen LogP contribution in [0.25, 0.3) is 27.5 Å². The third kappa shape index (κ3) is 4.52. The highest BCUT2D eigenvalue weighted by Gasteiger charge is 2.28. The van der Waals surface area contributed by atoms with Gasteiger partial charge in [-0.1, -0.05) is 23.7 Å². The van der Waals surface area contributed by atoms with E-state index in [1.54, 1.807) is 55.9 Å². The van der Waals surface area contributed by atoms with Gasteiger partial charge in [0.05, 0.1) is 36.5 Å². The lowest BCUT2D eigenvalue weighted by atomic mass is 9.92. The Balaban J connectivity index is 1.40. The molecule has 0 spiro atoms. The highest BCUT2D eigenvalue weighted by Crippen LogP contribution is 2.35. The third-order valence-corrected chi connectivity index (χ3v) is 6.93. The molecule has 11 heteroatoms. The van der Waals surface area contributed by atoms with Crippen LogP contribution in [-0.4, -0.2) is 49.9 Å². The minimum atomic E-state index is -1.09. The summed E-state index contributed by atoms with van der Waals surface area (Å²) < 4.78 is 26.6. The molecule has 9 nitrogen and oxygen atoms in total. The van der Waals surface area contributed by atoms with Gasteiger partial charge in [0.1, 0.15) is 28.9 Å². The van der Waals surface area contributed by atoms with Crippen molar-refractivity contribution in [1.29, 1.82) is 0 Å². The monoisotopic (exact) mass is 557 g/mol. The number of hydrogen-bond acceptors (Lipinski definition) is 7. The van der Waals surface area contributed by atoms with Gasteiger partial charge in [0.15, 0.2) is 11.5 Å². The number of hydrogen-bond donors (Lipinski definition) is 1. The second kappa shape index (κ2) is 10.0. The summed E-state index contributed by atoms with van der Waals surface area (Å²) >= 11 is 6.03. The van der Waals surface area contributed by atoms with Crippen molar-refractivity contribution in [3.05, 3.63) is 100 Å². The normalized spacial score (nSPS) is 12.2. The quantitative estimate of drug-likeness (QED) is 0.276. The summed E-state index contributed by atoms with van der Waals surface area (Å²) in [6.07, 6.45) is 3.53. The van der Waals surface area contributed by atoms with E-state index in [1.807, 2.05) is 12.1 Å². The summed E-state index contributed by atoms with van der Waals surface area (Å²) in [5, 5.41) is 20.1. The molecule has 0 aliphatic carbocycles. The SMILES string of the molecule is COc1cnc2ccc(C(C(=O)O)c3nc4ccc(Cc5nnc6c(F)cc(Cl)cn56)cc4cc3OC)cc2c1. The zero-order valence-electron chi connectivity index (χ0n) is 21.3. The van der Waals surface area contributed by atoms with Crippen molar-refractivity contribution >= 4 is 45.0 Å². The number of pyridine rings is 3. The Morgan fingerprint density at radius 1 is 1.02 bits per heavy atom. The largest absolute Gasteiger partial charge is 0.495 e. The van der Waals surface area contributed by atoms with Gasteiger partial charge in [-0.05, 0) is 53.6 Å². The summed E-state index contributed by atoms with van der Waals surface area (Å²) in [5.41, 5.74) is 3.07. The number of rotatable bonds is 7. The van der Waals surface area contributed by atoms with Gasteiger partial charge < -0.3 is 14.6 Å². The van der Waals surface area contributed by atoms with Crippen LogP contribution in [-0.2, 0) is 11.2 Å². The highest BCUT2D eigenvalue weighted by atomic mass is 35.5. The standard InChI is InChI=1S/C29H21ClFN5O4/c1-39-20-10-18-9-16(4-6-22(18)32-13-20)26(29(37)38)27-24(40-2)11-17-7-15(3-5-23(17)33-27)8-25-34-35-28-21(31)12-19(30)14-36(25)28/h3-7,9-14,26H,8H2,1-2H3,(H,37,38). The van der Waals surface area contributed by atoms with Crippen LogP contribution in [0.4, 0.5) is 4.39 Å². The van der Waals surface area contributed by atoms with Crippen molar-refractivity contribution in [1.82, 2.24) is 24.6 Å². The average molecular weight is 558 g/mol. The van der Waals surface area contributed by atoms with Gasteiger partial charge in [0.25, 0.3) is 0 Å². The van der Waals surface area contributed by atoms with Gasteiger partial charge in [-0.3, -0.25) is 14.2 Å². The molecule has 0 radical (unpaired) electrons. The molecule has 200 valence electrons. The Morgan fingerprint density at radius 3 is 2.60 bits per heavy atom. The number of benzene rings is 2. The number of fused-ring (bicyclic) bond motifs is 3. The number of carboxylic acids is 1. The van der Waals surface area contributed by atoms with Crippen molar-refractivity contribution in [2.75, 3.05) is 14.2 Å². The van der Waals surface area contributed by atoms with Crippen molar-refractivity contribution in [3.8, 4) is 11.5 Å². The molecule has 0 aliphatic heterocycles. The molecule has 0 bridgehead atoms. The van der Waals surface area contributed by atoms with Crippen LogP contribution in [0.3, 0.4) is 0 Å². The molecule has 0 saturated carbocycles. The van der Waals surface area contributed by atoms with E-state index < -0.39 is 17.7 Å². The summed E-state index contributed by atoms with van der Waals surface area (Å²) in [6.45, 7) is 0. The van der Waals surface area contributed by atoms with E-state index in [9.17, 15) is 14.3 Å². The molecule has 1 N–H and O–H groups in total. The van der Waals surface area contributed by atoms with Gasteiger partial charge in [0, 0.05) is 23.4 Å². The molecule has 1 unspecified atom stereocenters. The number of carbonyl (C=O) groups is 1. The van der Waals surface area contributed by atoms with E-state index in [0.717, 1.165) is 16.3 Å². The predicted molar refractivity (Wildman–Crippen MR) is 147 cm³/mol. The minimum Gasteiger partial charge on any atom is -0.495 e. The number of methoxy groups -OCH3 is 2. The zero-order valence-corrected chi connectivity index (χ0v) is 22.1. The van der Waals surface area contributed by atoms with Crippen LogP contribution in [0, 0.1) is 5.82 Å².